The van der Waals surface area contributed by atoms with E-state index in [0.717, 1.165) is 37.1 Å². The van der Waals surface area contributed by atoms with Gasteiger partial charge >= 0.3 is 0 Å². The summed E-state index contributed by atoms with van der Waals surface area (Å²) in [5.41, 5.74) is 0. The van der Waals surface area contributed by atoms with E-state index in [1.54, 1.807) is 18.6 Å². The average Bonchev–Trinajstić information content (AvgIpc) is 2.94. The van der Waals surface area contributed by atoms with E-state index < -0.39 is 0 Å². The molecule has 19 heavy (non-hydrogen) atoms. The molecule has 1 fully saturated rings. The second-order valence-corrected chi connectivity index (χ2v) is 5.60. The van der Waals surface area contributed by atoms with E-state index in [-0.39, 0.29) is 6.10 Å². The van der Waals surface area contributed by atoms with Gasteiger partial charge in [-0.3, -0.25) is 0 Å². The molecule has 0 atom stereocenters. The summed E-state index contributed by atoms with van der Waals surface area (Å²) in [5.74, 6) is 0.733. The van der Waals surface area contributed by atoms with Crippen LogP contribution >= 0.6 is 22.9 Å². The van der Waals surface area contributed by atoms with Crippen LogP contribution in [-0.4, -0.2) is 34.1 Å². The molecule has 2 aromatic rings. The molecule has 1 saturated heterocycles. The Morgan fingerprint density at radius 2 is 1.95 bits per heavy atom. The van der Waals surface area contributed by atoms with E-state index in [1.165, 1.54) is 11.3 Å². The van der Waals surface area contributed by atoms with Gasteiger partial charge in [0, 0.05) is 37.5 Å². The second kappa shape index (κ2) is 5.71. The Morgan fingerprint density at radius 3 is 2.58 bits per heavy atom. The minimum absolute atomic E-state index is 0.231. The minimum Gasteiger partial charge on any atom is -0.467 e. The molecular weight excluding hydrogens is 284 g/mol. The van der Waals surface area contributed by atoms with Crippen molar-refractivity contribution in [3.63, 3.8) is 0 Å². The number of halogens is 1. The van der Waals surface area contributed by atoms with Gasteiger partial charge in [0.1, 0.15) is 6.10 Å². The van der Waals surface area contributed by atoms with Gasteiger partial charge in [-0.25, -0.2) is 15.0 Å². The van der Waals surface area contributed by atoms with Gasteiger partial charge in [-0.05, 0) is 0 Å². The Labute approximate surface area is 120 Å². The van der Waals surface area contributed by atoms with Crippen molar-refractivity contribution in [3.05, 3.63) is 29.0 Å². The predicted octanol–water partition coefficient (Wildman–Crippen LogP) is 2.63. The minimum atomic E-state index is 0.231. The van der Waals surface area contributed by atoms with Crippen molar-refractivity contribution in [3.8, 4) is 5.19 Å². The predicted molar refractivity (Wildman–Crippen MR) is 75.0 cm³/mol. The van der Waals surface area contributed by atoms with E-state index in [9.17, 15) is 0 Å². The first kappa shape index (κ1) is 12.6. The molecule has 3 rings (SSSR count). The fourth-order valence-corrected chi connectivity index (χ4v) is 2.70. The molecule has 0 amide bonds. The van der Waals surface area contributed by atoms with Crippen molar-refractivity contribution in [1.82, 2.24) is 15.0 Å². The van der Waals surface area contributed by atoms with E-state index in [1.807, 2.05) is 5.38 Å². The summed E-state index contributed by atoms with van der Waals surface area (Å²) in [6, 6.07) is 0. The molecular formula is C12H13ClN4OS. The monoisotopic (exact) mass is 296 g/mol. The number of anilines is 1. The number of nitrogens with zero attached hydrogens (tertiary/aromatic N) is 4. The van der Waals surface area contributed by atoms with E-state index >= 15 is 0 Å². The zero-order chi connectivity index (χ0) is 13.1. The fraction of sp³-hybridized carbons (Fsp3) is 0.417. The van der Waals surface area contributed by atoms with Crippen molar-refractivity contribution in [2.75, 3.05) is 18.0 Å². The first-order chi connectivity index (χ1) is 9.31. The smallest absolute Gasteiger partial charge is 0.273 e. The SMILES string of the molecule is Clc1cnc(N2CCC(Oc3nccs3)CC2)nc1. The summed E-state index contributed by atoms with van der Waals surface area (Å²) in [6.07, 6.45) is 7.15. The van der Waals surface area contributed by atoms with Crippen LogP contribution in [0.4, 0.5) is 5.95 Å². The van der Waals surface area contributed by atoms with Crippen molar-refractivity contribution < 1.29 is 4.74 Å². The molecule has 0 aliphatic carbocycles. The number of aromatic nitrogens is 3. The van der Waals surface area contributed by atoms with Crippen LogP contribution in [0.3, 0.4) is 0 Å². The molecule has 1 aliphatic rings. The summed E-state index contributed by atoms with van der Waals surface area (Å²) in [4.78, 5) is 14.8. The van der Waals surface area contributed by atoms with Crippen LogP contribution in [0.25, 0.3) is 0 Å². The first-order valence-corrected chi connectivity index (χ1v) is 7.35. The van der Waals surface area contributed by atoms with E-state index in [4.69, 9.17) is 16.3 Å². The van der Waals surface area contributed by atoms with Gasteiger partial charge in [0.25, 0.3) is 5.19 Å². The Kier molecular flexibility index (Phi) is 3.79. The molecule has 7 heteroatoms. The molecule has 0 bridgehead atoms. The van der Waals surface area contributed by atoms with Crippen molar-refractivity contribution in [1.29, 1.82) is 0 Å². The van der Waals surface area contributed by atoms with Gasteiger partial charge in [-0.2, -0.15) is 0 Å². The Bertz CT molecular complexity index is 511. The van der Waals surface area contributed by atoms with Crippen LogP contribution in [0.2, 0.25) is 5.02 Å². The largest absolute Gasteiger partial charge is 0.467 e. The van der Waals surface area contributed by atoms with Gasteiger partial charge in [0.15, 0.2) is 0 Å². The first-order valence-electron chi connectivity index (χ1n) is 6.10. The van der Waals surface area contributed by atoms with Crippen molar-refractivity contribution >= 4 is 28.9 Å². The molecule has 0 N–H and O–H groups in total. The van der Waals surface area contributed by atoms with Gasteiger partial charge < -0.3 is 9.64 Å². The lowest BCUT2D eigenvalue weighted by Crippen LogP contribution is -2.39. The van der Waals surface area contributed by atoms with E-state index in [2.05, 4.69) is 19.9 Å². The lowest BCUT2D eigenvalue weighted by atomic mass is 10.1. The van der Waals surface area contributed by atoms with Crippen LogP contribution in [0.15, 0.2) is 24.0 Å². The van der Waals surface area contributed by atoms with Gasteiger partial charge in [-0.1, -0.05) is 22.9 Å². The molecule has 5 nitrogen and oxygen atoms in total. The normalized spacial score (nSPS) is 16.6. The number of piperidine rings is 1. The average molecular weight is 297 g/mol. The highest BCUT2D eigenvalue weighted by molar-refractivity contribution is 7.11. The summed E-state index contributed by atoms with van der Waals surface area (Å²) < 4.78 is 5.82. The van der Waals surface area contributed by atoms with Crippen molar-refractivity contribution in [2.24, 2.45) is 0 Å². The number of thiazole rings is 1. The zero-order valence-corrected chi connectivity index (χ0v) is 11.8. The standard InChI is InChI=1S/C12H13ClN4OS/c13-9-7-15-11(16-8-9)17-4-1-10(2-5-17)18-12-14-3-6-19-12/h3,6-8,10H,1-2,4-5H2. The third-order valence-corrected chi connectivity index (χ3v) is 3.86. The molecule has 0 aromatic carbocycles. The highest BCUT2D eigenvalue weighted by Gasteiger charge is 2.22. The number of ether oxygens (including phenoxy) is 1. The lowest BCUT2D eigenvalue weighted by Gasteiger charge is -2.31. The summed E-state index contributed by atoms with van der Waals surface area (Å²) in [6.45, 7) is 1.77. The molecule has 0 saturated carbocycles. The summed E-state index contributed by atoms with van der Waals surface area (Å²) in [7, 11) is 0. The van der Waals surface area contributed by atoms with Crippen LogP contribution in [0.5, 0.6) is 5.19 Å². The van der Waals surface area contributed by atoms with Crippen LogP contribution in [-0.2, 0) is 0 Å². The maximum absolute atomic E-state index is 5.82. The molecule has 3 heterocycles. The molecule has 0 unspecified atom stereocenters. The van der Waals surface area contributed by atoms with Gasteiger partial charge in [-0.15, -0.1) is 0 Å². The molecule has 100 valence electrons. The molecule has 0 spiro atoms. The number of hydrogen-bond acceptors (Lipinski definition) is 6. The Hall–Kier alpha value is -1.40. The summed E-state index contributed by atoms with van der Waals surface area (Å²) >= 11 is 7.31. The Balaban J connectivity index is 1.56. The van der Waals surface area contributed by atoms with Crippen molar-refractivity contribution in [2.45, 2.75) is 18.9 Å². The van der Waals surface area contributed by atoms with Crippen LogP contribution in [0.1, 0.15) is 12.8 Å². The van der Waals surface area contributed by atoms with Crippen LogP contribution in [0, 0.1) is 0 Å². The van der Waals surface area contributed by atoms with Crippen LogP contribution < -0.4 is 9.64 Å². The Morgan fingerprint density at radius 1 is 1.21 bits per heavy atom. The maximum Gasteiger partial charge on any atom is 0.273 e. The topological polar surface area (TPSA) is 51.1 Å². The molecule has 0 radical (unpaired) electrons. The van der Waals surface area contributed by atoms with Gasteiger partial charge in [0.2, 0.25) is 5.95 Å². The third-order valence-electron chi connectivity index (χ3n) is 3.01. The summed E-state index contributed by atoms with van der Waals surface area (Å²) in [5, 5.41) is 3.23. The van der Waals surface area contributed by atoms with Gasteiger partial charge in [0.05, 0.1) is 17.4 Å². The highest BCUT2D eigenvalue weighted by Crippen LogP contribution is 2.22. The van der Waals surface area contributed by atoms with E-state index in [0.29, 0.717) is 5.02 Å². The molecule has 1 aliphatic heterocycles. The second-order valence-electron chi connectivity index (χ2n) is 4.30. The fourth-order valence-electron chi connectivity index (χ4n) is 2.05. The maximum atomic E-state index is 5.82. The quantitative estimate of drug-likeness (QED) is 0.871. The zero-order valence-electron chi connectivity index (χ0n) is 10.2. The number of rotatable bonds is 3. The number of hydrogen-bond donors (Lipinski definition) is 0. The molecule has 2 aromatic heterocycles. The third kappa shape index (κ3) is 3.13. The lowest BCUT2D eigenvalue weighted by molar-refractivity contribution is 0.170. The highest BCUT2D eigenvalue weighted by atomic mass is 35.5.